The van der Waals surface area contributed by atoms with Gasteiger partial charge in [0.25, 0.3) is 5.91 Å². The lowest BCUT2D eigenvalue weighted by molar-refractivity contribution is 0.0950. The van der Waals surface area contributed by atoms with E-state index in [1.165, 1.54) is 6.21 Å². The first-order valence-electron chi connectivity index (χ1n) is 4.86. The maximum atomic E-state index is 11.6. The Morgan fingerprint density at radius 1 is 1.44 bits per heavy atom. The van der Waals surface area contributed by atoms with Gasteiger partial charge in [0.2, 0.25) is 0 Å². The summed E-state index contributed by atoms with van der Waals surface area (Å²) in [5.74, 6) is 0.131. The molecule has 0 saturated carbocycles. The van der Waals surface area contributed by atoms with E-state index >= 15 is 0 Å². The second-order valence-electron chi connectivity index (χ2n) is 3.18. The number of nitrogens with zero attached hydrogens (tertiary/aromatic N) is 2. The molecule has 18 heavy (non-hydrogen) atoms. The number of furan rings is 1. The molecule has 2 aromatic rings. The normalized spacial score (nSPS) is 10.8. The number of rotatable bonds is 3. The summed E-state index contributed by atoms with van der Waals surface area (Å²) < 4.78 is 6.60. The first kappa shape index (κ1) is 13.0. The Bertz CT molecular complexity index is 562. The van der Waals surface area contributed by atoms with Gasteiger partial charge in [-0.25, -0.2) is 5.43 Å². The van der Waals surface area contributed by atoms with Crippen LogP contribution in [0.4, 0.5) is 0 Å². The molecule has 0 aromatic carbocycles. The molecule has 0 fully saturated rings. The fourth-order valence-electron chi connectivity index (χ4n) is 1.14. The summed E-state index contributed by atoms with van der Waals surface area (Å²) in [6.45, 7) is 0. The Morgan fingerprint density at radius 3 is 2.89 bits per heavy atom. The van der Waals surface area contributed by atoms with Crippen molar-refractivity contribution in [1.29, 1.82) is 0 Å². The third kappa shape index (κ3) is 3.27. The number of pyridine rings is 1. The van der Waals surface area contributed by atoms with Gasteiger partial charge >= 0.3 is 0 Å². The third-order valence-corrected chi connectivity index (χ3v) is 3.63. The van der Waals surface area contributed by atoms with Crippen LogP contribution in [0.1, 0.15) is 16.2 Å². The summed E-state index contributed by atoms with van der Waals surface area (Å²) in [6, 6.07) is 6.79. The number of hydrogen-bond acceptors (Lipinski definition) is 4. The van der Waals surface area contributed by atoms with Crippen LogP contribution in [0.5, 0.6) is 0 Å². The first-order chi connectivity index (χ1) is 8.66. The number of amides is 1. The van der Waals surface area contributed by atoms with E-state index in [1.807, 2.05) is 0 Å². The highest BCUT2D eigenvalue weighted by molar-refractivity contribution is 9.13. The third-order valence-electron chi connectivity index (χ3n) is 1.92. The molecule has 1 N–H and O–H groups in total. The number of nitrogens with one attached hydrogen (secondary N) is 1. The van der Waals surface area contributed by atoms with E-state index in [-0.39, 0.29) is 5.91 Å². The van der Waals surface area contributed by atoms with Crippen molar-refractivity contribution in [2.24, 2.45) is 5.10 Å². The molecule has 0 spiro atoms. The smallest absolute Gasteiger partial charge is 0.289 e. The largest absolute Gasteiger partial charge is 0.447 e. The second kappa shape index (κ2) is 5.92. The van der Waals surface area contributed by atoms with Crippen molar-refractivity contribution in [1.82, 2.24) is 10.4 Å². The van der Waals surface area contributed by atoms with Crippen molar-refractivity contribution in [3.05, 3.63) is 51.1 Å². The zero-order valence-corrected chi connectivity index (χ0v) is 12.1. The Kier molecular flexibility index (Phi) is 4.27. The first-order valence-corrected chi connectivity index (χ1v) is 6.44. The Labute approximate surface area is 120 Å². The number of halogens is 2. The van der Waals surface area contributed by atoms with Gasteiger partial charge in [0.05, 0.1) is 10.7 Å². The van der Waals surface area contributed by atoms with Gasteiger partial charge in [0.1, 0.15) is 11.5 Å². The topological polar surface area (TPSA) is 67.5 Å². The van der Waals surface area contributed by atoms with Crippen LogP contribution in [0.15, 0.2) is 49.1 Å². The Hall–Kier alpha value is -1.47. The van der Waals surface area contributed by atoms with E-state index in [0.29, 0.717) is 16.1 Å². The van der Waals surface area contributed by atoms with Gasteiger partial charge in [0.15, 0.2) is 4.67 Å². The predicted octanol–water partition coefficient (Wildman–Crippen LogP) is 2.96. The van der Waals surface area contributed by atoms with Crippen molar-refractivity contribution >= 4 is 44.0 Å². The highest BCUT2D eigenvalue weighted by atomic mass is 79.9. The van der Waals surface area contributed by atoms with Crippen LogP contribution >= 0.6 is 31.9 Å². The molecule has 0 unspecified atom stereocenters. The fourth-order valence-corrected chi connectivity index (χ4v) is 1.74. The van der Waals surface area contributed by atoms with E-state index < -0.39 is 0 Å². The fraction of sp³-hybridized carbons (Fsp3) is 0. The molecule has 0 radical (unpaired) electrons. The van der Waals surface area contributed by atoms with Crippen molar-refractivity contribution in [3.8, 4) is 0 Å². The standard InChI is InChI=1S/C11H7Br2N3O2/c12-8-5-7(18-10(8)13)6-15-16-11(17)9-3-1-2-4-14-9/h1-6H,(H,16,17)/b15-6-. The van der Waals surface area contributed by atoms with Gasteiger partial charge in [-0.15, -0.1) is 0 Å². The molecule has 0 aliphatic carbocycles. The molecule has 0 saturated heterocycles. The summed E-state index contributed by atoms with van der Waals surface area (Å²) in [4.78, 5) is 15.5. The quantitative estimate of drug-likeness (QED) is 0.665. The molecule has 0 atom stereocenters. The number of hydrazone groups is 1. The zero-order valence-electron chi connectivity index (χ0n) is 8.93. The van der Waals surface area contributed by atoms with Gasteiger partial charge in [-0.05, 0) is 44.0 Å². The van der Waals surface area contributed by atoms with Crippen molar-refractivity contribution in [2.45, 2.75) is 0 Å². The summed E-state index contributed by atoms with van der Waals surface area (Å²) in [5, 5.41) is 3.77. The van der Waals surface area contributed by atoms with Gasteiger partial charge in [-0.1, -0.05) is 6.07 Å². The number of carbonyl (C=O) groups excluding carboxylic acids is 1. The van der Waals surface area contributed by atoms with Gasteiger partial charge in [-0.3, -0.25) is 9.78 Å². The highest BCUT2D eigenvalue weighted by Crippen LogP contribution is 2.25. The van der Waals surface area contributed by atoms with E-state index in [1.54, 1.807) is 30.5 Å². The molecule has 0 bridgehead atoms. The van der Waals surface area contributed by atoms with Crippen LogP contribution in [-0.2, 0) is 0 Å². The van der Waals surface area contributed by atoms with Crippen LogP contribution < -0.4 is 5.43 Å². The van der Waals surface area contributed by atoms with Crippen molar-refractivity contribution in [2.75, 3.05) is 0 Å². The summed E-state index contributed by atoms with van der Waals surface area (Å²) in [5.41, 5.74) is 2.66. The van der Waals surface area contributed by atoms with Gasteiger partial charge in [-0.2, -0.15) is 5.10 Å². The maximum absolute atomic E-state index is 11.6. The second-order valence-corrected chi connectivity index (χ2v) is 4.76. The average Bonchev–Trinajstić information content (AvgIpc) is 2.69. The molecule has 7 heteroatoms. The molecule has 0 aliphatic heterocycles. The Balaban J connectivity index is 1.98. The molecular formula is C11H7Br2N3O2. The lowest BCUT2D eigenvalue weighted by Crippen LogP contribution is -2.18. The SMILES string of the molecule is O=C(N/N=C\c1cc(Br)c(Br)o1)c1ccccn1. The van der Waals surface area contributed by atoms with Gasteiger partial charge in [0, 0.05) is 12.3 Å². The monoisotopic (exact) mass is 371 g/mol. The molecule has 2 heterocycles. The van der Waals surface area contributed by atoms with Crippen molar-refractivity contribution in [3.63, 3.8) is 0 Å². The summed E-state index contributed by atoms with van der Waals surface area (Å²) in [6.07, 6.45) is 2.94. The molecule has 5 nitrogen and oxygen atoms in total. The minimum atomic E-state index is -0.378. The van der Waals surface area contributed by atoms with E-state index in [0.717, 1.165) is 4.47 Å². The van der Waals surface area contributed by atoms with E-state index in [2.05, 4.69) is 47.4 Å². The van der Waals surface area contributed by atoms with Crippen LogP contribution in [0.3, 0.4) is 0 Å². The van der Waals surface area contributed by atoms with Gasteiger partial charge < -0.3 is 4.42 Å². The predicted molar refractivity (Wildman–Crippen MR) is 73.4 cm³/mol. The molecule has 2 rings (SSSR count). The molecule has 1 amide bonds. The van der Waals surface area contributed by atoms with Crippen LogP contribution in [0.25, 0.3) is 0 Å². The number of carbonyl (C=O) groups is 1. The Morgan fingerprint density at radius 2 is 2.28 bits per heavy atom. The summed E-state index contributed by atoms with van der Waals surface area (Å²) in [7, 11) is 0. The zero-order chi connectivity index (χ0) is 13.0. The van der Waals surface area contributed by atoms with Crippen LogP contribution in [0, 0.1) is 0 Å². The van der Waals surface area contributed by atoms with Crippen molar-refractivity contribution < 1.29 is 9.21 Å². The molecule has 92 valence electrons. The highest BCUT2D eigenvalue weighted by Gasteiger charge is 2.05. The van der Waals surface area contributed by atoms with Crippen LogP contribution in [0.2, 0.25) is 0 Å². The molecular weight excluding hydrogens is 366 g/mol. The van der Waals surface area contributed by atoms with E-state index in [9.17, 15) is 4.79 Å². The lowest BCUT2D eigenvalue weighted by atomic mass is 10.3. The molecule has 0 aliphatic rings. The van der Waals surface area contributed by atoms with E-state index in [4.69, 9.17) is 4.42 Å². The minimum absolute atomic E-state index is 0.302. The lowest BCUT2D eigenvalue weighted by Gasteiger charge is -1.96. The number of aromatic nitrogens is 1. The summed E-state index contributed by atoms with van der Waals surface area (Å²) >= 11 is 6.48. The maximum Gasteiger partial charge on any atom is 0.289 e. The number of hydrogen-bond donors (Lipinski definition) is 1. The molecule has 2 aromatic heterocycles. The average molecular weight is 373 g/mol. The minimum Gasteiger partial charge on any atom is -0.447 e. The van der Waals surface area contributed by atoms with Crippen LogP contribution in [-0.4, -0.2) is 17.1 Å².